The topological polar surface area (TPSA) is 53.9 Å². The number of aromatic nitrogens is 2. The summed E-state index contributed by atoms with van der Waals surface area (Å²) in [6.07, 6.45) is 3.61. The van der Waals surface area contributed by atoms with Crippen molar-refractivity contribution in [1.29, 1.82) is 0 Å². The molecule has 0 fully saturated rings. The second kappa shape index (κ2) is 7.09. The molecule has 2 rings (SSSR count). The first-order valence-electron chi connectivity index (χ1n) is 6.93. The molecule has 0 unspecified atom stereocenters. The van der Waals surface area contributed by atoms with Gasteiger partial charge in [-0.25, -0.2) is 5.43 Å². The van der Waals surface area contributed by atoms with E-state index in [-0.39, 0.29) is 5.54 Å². The van der Waals surface area contributed by atoms with Gasteiger partial charge in [-0.1, -0.05) is 29.8 Å². The number of anilines is 1. The number of hydrogen-bond acceptors (Lipinski definition) is 3. The Hall–Kier alpha value is -1.63. The van der Waals surface area contributed by atoms with Gasteiger partial charge in [0.2, 0.25) is 0 Å². The van der Waals surface area contributed by atoms with E-state index in [0.29, 0.717) is 11.7 Å². The SMILES string of the molecule is CC(C)(C)NNC(=S)Nc1cnn(Cc2ccccc2Cl)c1. The second-order valence-electron chi connectivity index (χ2n) is 5.97. The summed E-state index contributed by atoms with van der Waals surface area (Å²) in [6, 6.07) is 7.72. The van der Waals surface area contributed by atoms with E-state index in [0.717, 1.165) is 16.3 Å². The molecule has 0 amide bonds. The third-order valence-electron chi connectivity index (χ3n) is 2.73. The highest BCUT2D eigenvalue weighted by Crippen LogP contribution is 2.16. The maximum Gasteiger partial charge on any atom is 0.185 e. The van der Waals surface area contributed by atoms with Crippen molar-refractivity contribution in [3.05, 3.63) is 47.2 Å². The van der Waals surface area contributed by atoms with Gasteiger partial charge in [0.1, 0.15) is 0 Å². The van der Waals surface area contributed by atoms with Crippen molar-refractivity contribution >= 4 is 34.6 Å². The molecule has 0 radical (unpaired) electrons. The van der Waals surface area contributed by atoms with Gasteiger partial charge in [0.15, 0.2) is 5.11 Å². The molecular formula is C15H20ClN5S. The molecule has 118 valence electrons. The van der Waals surface area contributed by atoms with E-state index >= 15 is 0 Å². The van der Waals surface area contributed by atoms with Gasteiger partial charge in [-0.2, -0.15) is 5.10 Å². The van der Waals surface area contributed by atoms with Crippen LogP contribution in [-0.2, 0) is 6.54 Å². The quantitative estimate of drug-likeness (QED) is 0.591. The molecular weight excluding hydrogens is 318 g/mol. The fourth-order valence-electron chi connectivity index (χ4n) is 1.72. The van der Waals surface area contributed by atoms with Crippen LogP contribution >= 0.6 is 23.8 Å². The summed E-state index contributed by atoms with van der Waals surface area (Å²) in [5, 5.41) is 8.61. The molecule has 0 aliphatic rings. The molecule has 22 heavy (non-hydrogen) atoms. The Kier molecular flexibility index (Phi) is 5.39. The van der Waals surface area contributed by atoms with Gasteiger partial charge in [0.25, 0.3) is 0 Å². The van der Waals surface area contributed by atoms with Gasteiger partial charge in [0, 0.05) is 16.8 Å². The van der Waals surface area contributed by atoms with E-state index in [1.54, 1.807) is 6.20 Å². The van der Waals surface area contributed by atoms with E-state index in [9.17, 15) is 0 Å². The molecule has 7 heteroatoms. The molecule has 0 spiro atoms. The van der Waals surface area contributed by atoms with Gasteiger partial charge in [-0.3, -0.25) is 10.1 Å². The average molecular weight is 338 g/mol. The Bertz CT molecular complexity index is 647. The summed E-state index contributed by atoms with van der Waals surface area (Å²) in [5.41, 5.74) is 7.82. The molecule has 0 aliphatic carbocycles. The third kappa shape index (κ3) is 5.29. The lowest BCUT2D eigenvalue weighted by atomic mass is 10.1. The fourth-order valence-corrected chi connectivity index (χ4v) is 2.09. The Morgan fingerprint density at radius 3 is 2.73 bits per heavy atom. The lowest BCUT2D eigenvalue weighted by Gasteiger charge is -2.22. The van der Waals surface area contributed by atoms with Crippen molar-refractivity contribution in [1.82, 2.24) is 20.6 Å². The average Bonchev–Trinajstić information content (AvgIpc) is 2.86. The van der Waals surface area contributed by atoms with Crippen molar-refractivity contribution in [3.8, 4) is 0 Å². The highest BCUT2D eigenvalue weighted by atomic mass is 35.5. The van der Waals surface area contributed by atoms with Crippen LogP contribution in [0.1, 0.15) is 26.3 Å². The first-order chi connectivity index (χ1) is 10.3. The zero-order valence-electron chi connectivity index (χ0n) is 12.9. The summed E-state index contributed by atoms with van der Waals surface area (Å²) >= 11 is 11.4. The van der Waals surface area contributed by atoms with Gasteiger partial charge in [-0.05, 0) is 44.6 Å². The molecule has 1 aromatic heterocycles. The second-order valence-corrected chi connectivity index (χ2v) is 6.79. The summed E-state index contributed by atoms with van der Waals surface area (Å²) in [4.78, 5) is 0. The molecule has 1 aromatic carbocycles. The highest BCUT2D eigenvalue weighted by Gasteiger charge is 2.09. The van der Waals surface area contributed by atoms with Gasteiger partial charge in [-0.15, -0.1) is 0 Å². The minimum atomic E-state index is -0.0695. The minimum absolute atomic E-state index is 0.0695. The van der Waals surface area contributed by atoms with Crippen LogP contribution < -0.4 is 16.2 Å². The van der Waals surface area contributed by atoms with Crippen LogP contribution in [0.3, 0.4) is 0 Å². The van der Waals surface area contributed by atoms with E-state index in [4.69, 9.17) is 23.8 Å². The zero-order chi connectivity index (χ0) is 16.2. The zero-order valence-corrected chi connectivity index (χ0v) is 14.4. The van der Waals surface area contributed by atoms with Crippen LogP contribution in [0.25, 0.3) is 0 Å². The molecule has 0 aliphatic heterocycles. The number of nitrogens with one attached hydrogen (secondary N) is 3. The van der Waals surface area contributed by atoms with Crippen molar-refractivity contribution in [2.75, 3.05) is 5.32 Å². The number of hydrazine groups is 1. The third-order valence-corrected chi connectivity index (χ3v) is 3.31. The number of benzene rings is 1. The fraction of sp³-hybridized carbons (Fsp3) is 0.333. The van der Waals surface area contributed by atoms with Crippen LogP contribution in [0.5, 0.6) is 0 Å². The van der Waals surface area contributed by atoms with Gasteiger partial charge < -0.3 is 5.32 Å². The normalized spacial score (nSPS) is 11.3. The van der Waals surface area contributed by atoms with Crippen LogP contribution in [0, 0.1) is 0 Å². The monoisotopic (exact) mass is 337 g/mol. The van der Waals surface area contributed by atoms with E-state index < -0.39 is 0 Å². The van der Waals surface area contributed by atoms with Crippen molar-refractivity contribution in [2.45, 2.75) is 32.9 Å². The summed E-state index contributed by atoms with van der Waals surface area (Å²) < 4.78 is 1.81. The molecule has 3 N–H and O–H groups in total. The first kappa shape index (κ1) is 16.7. The highest BCUT2D eigenvalue weighted by molar-refractivity contribution is 7.80. The Morgan fingerprint density at radius 2 is 2.05 bits per heavy atom. The number of halogens is 1. The van der Waals surface area contributed by atoms with Crippen molar-refractivity contribution < 1.29 is 0 Å². The standard InChI is InChI=1S/C15H20ClN5S/c1-15(2,3)20-19-14(22)18-12-8-17-21(10-12)9-11-6-4-5-7-13(11)16/h4-8,10,20H,9H2,1-3H3,(H2,18,19,22). The van der Waals surface area contributed by atoms with Crippen LogP contribution in [0.2, 0.25) is 5.02 Å². The van der Waals surface area contributed by atoms with Crippen LogP contribution in [0.15, 0.2) is 36.7 Å². The van der Waals surface area contributed by atoms with Crippen molar-refractivity contribution in [2.24, 2.45) is 0 Å². The van der Waals surface area contributed by atoms with Gasteiger partial charge in [0.05, 0.1) is 18.4 Å². The summed E-state index contributed by atoms with van der Waals surface area (Å²) in [6.45, 7) is 6.75. The molecule has 1 heterocycles. The predicted molar refractivity (Wildman–Crippen MR) is 95.0 cm³/mol. The molecule has 0 atom stereocenters. The predicted octanol–water partition coefficient (Wildman–Crippen LogP) is 3.17. The number of hydrogen-bond donors (Lipinski definition) is 3. The Morgan fingerprint density at radius 1 is 1.32 bits per heavy atom. The number of nitrogens with zero attached hydrogens (tertiary/aromatic N) is 2. The Balaban J connectivity index is 1.92. The Labute approximate surface area is 141 Å². The molecule has 5 nitrogen and oxygen atoms in total. The molecule has 0 saturated heterocycles. The number of thiocarbonyl (C=S) groups is 1. The molecule has 0 saturated carbocycles. The van der Waals surface area contributed by atoms with E-state index in [2.05, 4.69) is 21.3 Å². The number of rotatable bonds is 4. The van der Waals surface area contributed by atoms with Crippen molar-refractivity contribution in [3.63, 3.8) is 0 Å². The first-order valence-corrected chi connectivity index (χ1v) is 7.72. The largest absolute Gasteiger partial charge is 0.329 e. The van der Waals surface area contributed by atoms with E-state index in [1.807, 2.05) is 55.9 Å². The summed E-state index contributed by atoms with van der Waals surface area (Å²) in [5.74, 6) is 0. The smallest absolute Gasteiger partial charge is 0.185 e. The lowest BCUT2D eigenvalue weighted by molar-refractivity contribution is 0.405. The minimum Gasteiger partial charge on any atom is -0.329 e. The molecule has 0 bridgehead atoms. The van der Waals surface area contributed by atoms with Gasteiger partial charge >= 0.3 is 0 Å². The summed E-state index contributed by atoms with van der Waals surface area (Å²) in [7, 11) is 0. The van der Waals surface area contributed by atoms with E-state index in [1.165, 1.54) is 0 Å². The maximum absolute atomic E-state index is 6.15. The maximum atomic E-state index is 6.15. The lowest BCUT2D eigenvalue weighted by Crippen LogP contribution is -2.50. The van der Waals surface area contributed by atoms with Crippen LogP contribution in [0.4, 0.5) is 5.69 Å². The molecule has 2 aromatic rings. The van der Waals surface area contributed by atoms with Crippen LogP contribution in [-0.4, -0.2) is 20.4 Å².